The highest BCUT2D eigenvalue weighted by molar-refractivity contribution is 5.98. The van der Waals surface area contributed by atoms with Crippen LogP contribution < -0.4 is 43.5 Å². The Balaban J connectivity index is 2.07. The van der Waals surface area contributed by atoms with E-state index in [-0.39, 0.29) is 43.2 Å². The van der Waals surface area contributed by atoms with Crippen molar-refractivity contribution < 1.29 is 33.6 Å². The molecule has 2 rings (SSSR count). The van der Waals surface area contributed by atoms with Crippen LogP contribution in [0.4, 0.5) is 10.5 Å². The Bertz CT molecular complexity index is 1810. The normalized spacial score (nSPS) is 14.7. The molecule has 10 N–H and O–H groups in total. The Kier molecular flexibility index (Phi) is 20.1. The number of hydrogen-bond donors (Lipinski definition) is 8. The van der Waals surface area contributed by atoms with Gasteiger partial charge in [0.15, 0.2) is 0 Å². The van der Waals surface area contributed by atoms with Gasteiger partial charge in [-0.05, 0) is 74.4 Å². The SMILES string of the molecule is C/C(=C\[C@@H](NC(=O)[C@@H](NC(=O)[C@@H](N(C)C)C(C)(C)c1ccccc1)C(C)(C)C)C(C)C)C(=O)NOCc1ccc(NC(=O)[C@H](CCCNC(N)=O)NC(=O)[C@@H](N)C(C)C)cc1. The van der Waals surface area contributed by atoms with E-state index in [0.29, 0.717) is 23.2 Å². The number of nitrogens with one attached hydrogen (secondary N) is 6. The van der Waals surface area contributed by atoms with Gasteiger partial charge >= 0.3 is 6.03 Å². The molecule has 16 heteroatoms. The van der Waals surface area contributed by atoms with E-state index in [1.165, 1.54) is 0 Å². The second-order valence-corrected chi connectivity index (χ2v) is 18.1. The fourth-order valence-electron chi connectivity index (χ4n) is 6.66. The molecule has 0 fully saturated rings. The first-order chi connectivity index (χ1) is 28.4. The van der Waals surface area contributed by atoms with E-state index >= 15 is 0 Å². The van der Waals surface area contributed by atoms with Crippen molar-refractivity contribution in [2.45, 2.75) is 124 Å². The molecule has 2 aromatic rings. The number of primary amides is 1. The van der Waals surface area contributed by atoms with Crippen LogP contribution in [0.1, 0.15) is 93.2 Å². The maximum Gasteiger partial charge on any atom is 0.312 e. The van der Waals surface area contributed by atoms with Crippen LogP contribution in [0.5, 0.6) is 0 Å². The number of nitrogens with zero attached hydrogens (tertiary/aromatic N) is 1. The lowest BCUT2D eigenvalue weighted by Gasteiger charge is -2.40. The molecule has 0 aliphatic heterocycles. The van der Waals surface area contributed by atoms with Gasteiger partial charge in [-0.1, -0.05) is 111 Å². The van der Waals surface area contributed by atoms with Crippen LogP contribution in [0.2, 0.25) is 0 Å². The van der Waals surface area contributed by atoms with Gasteiger partial charge in [0.25, 0.3) is 5.91 Å². The first kappa shape index (κ1) is 51.8. The topological polar surface area (TPSA) is 239 Å². The summed E-state index contributed by atoms with van der Waals surface area (Å²) in [5, 5.41) is 14.1. The van der Waals surface area contributed by atoms with Gasteiger partial charge in [0, 0.05) is 23.2 Å². The molecule has 0 unspecified atom stereocenters. The minimum absolute atomic E-state index is 0.0121. The van der Waals surface area contributed by atoms with Gasteiger partial charge in [-0.3, -0.25) is 33.7 Å². The smallest absolute Gasteiger partial charge is 0.312 e. The predicted molar refractivity (Wildman–Crippen MR) is 238 cm³/mol. The highest BCUT2D eigenvalue weighted by Gasteiger charge is 2.42. The highest BCUT2D eigenvalue weighted by Crippen LogP contribution is 2.31. The Hall–Kier alpha value is -5.32. The van der Waals surface area contributed by atoms with E-state index in [4.69, 9.17) is 16.3 Å². The zero-order valence-electron chi connectivity index (χ0n) is 38.1. The Morgan fingerprint density at radius 1 is 0.787 bits per heavy atom. The van der Waals surface area contributed by atoms with Crippen molar-refractivity contribution in [1.82, 2.24) is 31.6 Å². The van der Waals surface area contributed by atoms with Gasteiger partial charge in [0.2, 0.25) is 23.6 Å². The first-order valence-electron chi connectivity index (χ1n) is 20.8. The fraction of sp³-hybridized carbons (Fsp3) is 0.556. The van der Waals surface area contributed by atoms with Crippen molar-refractivity contribution in [3.05, 3.63) is 77.4 Å². The number of anilines is 1. The molecular weight excluding hydrogens is 779 g/mol. The van der Waals surface area contributed by atoms with E-state index < -0.39 is 64.8 Å². The second kappa shape index (κ2) is 23.6. The van der Waals surface area contributed by atoms with Crippen LogP contribution in [-0.4, -0.2) is 91.3 Å². The lowest BCUT2D eigenvalue weighted by Crippen LogP contribution is -2.61. The largest absolute Gasteiger partial charge is 0.352 e. The highest BCUT2D eigenvalue weighted by atomic mass is 16.6. The van der Waals surface area contributed by atoms with Crippen molar-refractivity contribution in [3.8, 4) is 0 Å². The summed E-state index contributed by atoms with van der Waals surface area (Å²) in [6, 6.07) is 12.1. The van der Waals surface area contributed by atoms with Gasteiger partial charge in [0.05, 0.1) is 24.7 Å². The third-order valence-corrected chi connectivity index (χ3v) is 10.4. The van der Waals surface area contributed by atoms with Gasteiger partial charge in [-0.15, -0.1) is 0 Å². The third-order valence-electron chi connectivity index (χ3n) is 10.4. The summed E-state index contributed by atoms with van der Waals surface area (Å²) in [5.74, 6) is -2.31. The van der Waals surface area contributed by atoms with Crippen molar-refractivity contribution in [2.75, 3.05) is 26.0 Å². The van der Waals surface area contributed by atoms with Crippen molar-refractivity contribution in [3.63, 3.8) is 0 Å². The number of hydrogen-bond acceptors (Lipinski definition) is 9. The van der Waals surface area contributed by atoms with Crippen LogP contribution in [0.3, 0.4) is 0 Å². The van der Waals surface area contributed by atoms with Gasteiger partial charge in [-0.25, -0.2) is 10.3 Å². The zero-order chi connectivity index (χ0) is 46.2. The quantitative estimate of drug-likeness (QED) is 0.0490. The lowest BCUT2D eigenvalue weighted by atomic mass is 9.76. The van der Waals surface area contributed by atoms with Gasteiger partial charge < -0.3 is 38.1 Å². The maximum atomic E-state index is 14.0. The van der Waals surface area contributed by atoms with Crippen molar-refractivity contribution in [1.29, 1.82) is 0 Å². The summed E-state index contributed by atoms with van der Waals surface area (Å²) in [7, 11) is 3.70. The van der Waals surface area contributed by atoms with Crippen LogP contribution in [0.25, 0.3) is 0 Å². The molecule has 2 aromatic carbocycles. The number of amides is 7. The molecule has 338 valence electrons. The van der Waals surface area contributed by atoms with Crippen LogP contribution >= 0.6 is 0 Å². The predicted octanol–water partition coefficient (Wildman–Crippen LogP) is 3.62. The summed E-state index contributed by atoms with van der Waals surface area (Å²) in [4.78, 5) is 85.3. The van der Waals surface area contributed by atoms with E-state index in [9.17, 15) is 28.8 Å². The summed E-state index contributed by atoms with van der Waals surface area (Å²) >= 11 is 0. The number of likely N-dealkylation sites (N-methyl/N-ethyl adjacent to an activating group) is 1. The number of benzene rings is 2. The summed E-state index contributed by atoms with van der Waals surface area (Å²) in [5.41, 5.74) is 14.8. The van der Waals surface area contributed by atoms with Gasteiger partial charge in [-0.2, -0.15) is 0 Å². The number of carbonyl (C=O) groups is 6. The molecule has 0 saturated heterocycles. The molecule has 0 aliphatic rings. The van der Waals surface area contributed by atoms with Crippen molar-refractivity contribution in [2.24, 2.45) is 28.7 Å². The number of hydroxylamine groups is 1. The standard InChI is InChI=1S/C45H71N9O7/c1-27(2)34(51-41(58)36(44(6,7)8)52-42(59)37(54(11)12)45(9,10)31-17-14-13-15-18-31)25-29(5)38(55)53-61-26-30-20-22-32(23-21-30)49-39(56)33(19-16-24-48-43(47)60)50-40(57)35(46)28(3)4/h13-15,17-18,20-23,25,27-28,33-37H,16,19,24,26,46H2,1-12H3,(H,49,56)(H,50,57)(H,51,58)(H,52,59)(H,53,55)(H3,47,48,60)/b29-25+/t33-,34+,35-,36+,37+/m0/s1. The second-order valence-electron chi connectivity index (χ2n) is 18.1. The lowest BCUT2D eigenvalue weighted by molar-refractivity contribution is -0.135. The summed E-state index contributed by atoms with van der Waals surface area (Å²) in [6.45, 7) is 19.0. The van der Waals surface area contributed by atoms with E-state index in [0.717, 1.165) is 5.56 Å². The molecule has 0 bridgehead atoms. The number of urea groups is 1. The average Bonchev–Trinajstić information content (AvgIpc) is 3.17. The Morgan fingerprint density at radius 3 is 1.92 bits per heavy atom. The minimum Gasteiger partial charge on any atom is -0.352 e. The van der Waals surface area contributed by atoms with Crippen LogP contribution in [0, 0.1) is 17.3 Å². The molecule has 7 amide bonds. The molecule has 0 aromatic heterocycles. The van der Waals surface area contributed by atoms with Gasteiger partial charge in [0.1, 0.15) is 12.1 Å². The molecular formula is C45H71N9O7. The minimum atomic E-state index is -0.912. The van der Waals surface area contributed by atoms with E-state index in [1.807, 2.05) is 97.8 Å². The molecule has 0 saturated carbocycles. The average molecular weight is 850 g/mol. The monoisotopic (exact) mass is 850 g/mol. The number of carbonyl (C=O) groups excluding carboxylic acids is 6. The number of nitrogens with two attached hydrogens (primary N) is 2. The fourth-order valence-corrected chi connectivity index (χ4v) is 6.66. The zero-order valence-corrected chi connectivity index (χ0v) is 38.1. The third kappa shape index (κ3) is 16.6. The molecule has 0 radical (unpaired) electrons. The van der Waals surface area contributed by atoms with Crippen LogP contribution in [0.15, 0.2) is 66.2 Å². The van der Waals surface area contributed by atoms with Crippen molar-refractivity contribution >= 4 is 41.3 Å². The molecule has 0 spiro atoms. The van der Waals surface area contributed by atoms with E-state index in [2.05, 4.69) is 32.1 Å². The number of rotatable bonds is 22. The molecule has 5 atom stereocenters. The molecule has 16 nitrogen and oxygen atoms in total. The van der Waals surface area contributed by atoms with E-state index in [1.54, 1.807) is 51.1 Å². The Morgan fingerprint density at radius 2 is 1.39 bits per heavy atom. The maximum absolute atomic E-state index is 14.0. The first-order valence-corrected chi connectivity index (χ1v) is 20.8. The molecule has 0 aliphatic carbocycles. The van der Waals surface area contributed by atoms with Crippen LogP contribution in [-0.2, 0) is 40.8 Å². The Labute approximate surface area is 362 Å². The summed E-state index contributed by atoms with van der Waals surface area (Å²) < 4.78 is 0. The summed E-state index contributed by atoms with van der Waals surface area (Å²) in [6.07, 6.45) is 2.28. The molecule has 0 heterocycles. The molecule has 61 heavy (non-hydrogen) atoms.